The Labute approximate surface area is 124 Å². The molecule has 0 fully saturated rings. The van der Waals surface area contributed by atoms with Gasteiger partial charge in [0.1, 0.15) is 11.9 Å². The van der Waals surface area contributed by atoms with Gasteiger partial charge in [0.15, 0.2) is 0 Å². The summed E-state index contributed by atoms with van der Waals surface area (Å²) in [5.41, 5.74) is 1.01. The van der Waals surface area contributed by atoms with Crippen molar-refractivity contribution in [2.24, 2.45) is 0 Å². The largest absolute Gasteiger partial charge is 0.386 e. The molecule has 2 nitrogen and oxygen atoms in total. The number of halogens is 4. The van der Waals surface area contributed by atoms with Crippen LogP contribution >= 0.6 is 34.8 Å². The SMILES string of the molecule is OC(Cc1ccc(F)c(Cl)c1)c1ncc(Cl)cc1Cl. The summed E-state index contributed by atoms with van der Waals surface area (Å²) in [7, 11) is 0. The van der Waals surface area contributed by atoms with Crippen LogP contribution in [0.5, 0.6) is 0 Å². The maximum atomic E-state index is 13.0. The maximum Gasteiger partial charge on any atom is 0.141 e. The summed E-state index contributed by atoms with van der Waals surface area (Å²) in [6.07, 6.45) is 0.726. The third kappa shape index (κ3) is 3.57. The minimum absolute atomic E-state index is 0.0138. The highest BCUT2D eigenvalue weighted by Crippen LogP contribution is 2.27. The first kappa shape index (κ1) is 14.5. The van der Waals surface area contributed by atoms with E-state index in [2.05, 4.69) is 4.98 Å². The summed E-state index contributed by atoms with van der Waals surface area (Å²) in [5.74, 6) is -0.498. The topological polar surface area (TPSA) is 33.1 Å². The van der Waals surface area contributed by atoms with E-state index in [0.717, 1.165) is 0 Å². The highest BCUT2D eigenvalue weighted by Gasteiger charge is 2.15. The second kappa shape index (κ2) is 6.06. The fourth-order valence-corrected chi connectivity index (χ4v) is 2.37. The zero-order chi connectivity index (χ0) is 14.0. The van der Waals surface area contributed by atoms with Crippen molar-refractivity contribution in [2.75, 3.05) is 0 Å². The van der Waals surface area contributed by atoms with E-state index in [0.29, 0.717) is 16.3 Å². The average Bonchev–Trinajstić information content (AvgIpc) is 2.33. The molecule has 2 aromatic rings. The van der Waals surface area contributed by atoms with Crippen molar-refractivity contribution >= 4 is 34.8 Å². The van der Waals surface area contributed by atoms with Gasteiger partial charge in [-0.1, -0.05) is 40.9 Å². The Balaban J connectivity index is 2.20. The molecular formula is C13H9Cl3FNO. The Morgan fingerprint density at radius 3 is 2.53 bits per heavy atom. The summed E-state index contributed by atoms with van der Waals surface area (Å²) in [4.78, 5) is 3.99. The number of nitrogens with zero attached hydrogens (tertiary/aromatic N) is 1. The fourth-order valence-electron chi connectivity index (χ4n) is 1.66. The smallest absolute Gasteiger partial charge is 0.141 e. The Kier molecular flexibility index (Phi) is 4.63. The van der Waals surface area contributed by atoms with Gasteiger partial charge in [0.2, 0.25) is 0 Å². The summed E-state index contributed by atoms with van der Waals surface area (Å²) in [5, 5.41) is 10.8. The predicted molar refractivity (Wildman–Crippen MR) is 74.3 cm³/mol. The molecule has 6 heteroatoms. The van der Waals surface area contributed by atoms with Crippen molar-refractivity contribution in [2.45, 2.75) is 12.5 Å². The molecule has 0 radical (unpaired) electrons. The standard InChI is InChI=1S/C13H9Cl3FNO/c14-8-5-10(16)13(18-6-8)12(19)4-7-1-2-11(17)9(15)3-7/h1-3,5-6,12,19H,4H2. The molecule has 19 heavy (non-hydrogen) atoms. The van der Waals surface area contributed by atoms with Crippen molar-refractivity contribution < 1.29 is 9.50 Å². The third-order valence-electron chi connectivity index (χ3n) is 2.56. The van der Waals surface area contributed by atoms with Gasteiger partial charge in [-0.05, 0) is 23.8 Å². The van der Waals surface area contributed by atoms with E-state index in [1.54, 1.807) is 6.07 Å². The van der Waals surface area contributed by atoms with Gasteiger partial charge in [0.25, 0.3) is 0 Å². The van der Waals surface area contributed by atoms with Gasteiger partial charge in [-0.25, -0.2) is 4.39 Å². The lowest BCUT2D eigenvalue weighted by atomic mass is 10.1. The molecule has 0 spiro atoms. The number of aromatic nitrogens is 1. The molecule has 0 saturated heterocycles. The summed E-state index contributed by atoms with van der Waals surface area (Å²) >= 11 is 17.4. The molecule has 0 bridgehead atoms. The van der Waals surface area contributed by atoms with Gasteiger partial charge in [0, 0.05) is 12.6 Å². The Morgan fingerprint density at radius 2 is 1.89 bits per heavy atom. The van der Waals surface area contributed by atoms with Crippen molar-refractivity contribution in [1.82, 2.24) is 4.98 Å². The first-order valence-corrected chi connectivity index (χ1v) is 6.53. The van der Waals surface area contributed by atoms with Crippen LogP contribution in [-0.4, -0.2) is 10.1 Å². The molecule has 0 amide bonds. The molecule has 0 aliphatic rings. The number of rotatable bonds is 3. The monoisotopic (exact) mass is 319 g/mol. The van der Waals surface area contributed by atoms with E-state index in [1.165, 1.54) is 24.4 Å². The number of benzene rings is 1. The first-order chi connectivity index (χ1) is 8.97. The minimum atomic E-state index is -0.911. The molecule has 1 aromatic heterocycles. The quantitative estimate of drug-likeness (QED) is 0.906. The van der Waals surface area contributed by atoms with Crippen LogP contribution in [0, 0.1) is 5.82 Å². The molecular weight excluding hydrogens is 312 g/mol. The van der Waals surface area contributed by atoms with Gasteiger partial charge >= 0.3 is 0 Å². The third-order valence-corrected chi connectivity index (χ3v) is 3.36. The van der Waals surface area contributed by atoms with Gasteiger partial charge in [-0.15, -0.1) is 0 Å². The summed E-state index contributed by atoms with van der Waals surface area (Å²) in [6, 6.07) is 5.77. The van der Waals surface area contributed by atoms with Crippen molar-refractivity contribution in [3.05, 3.63) is 62.6 Å². The number of aliphatic hydroxyl groups excluding tert-OH is 1. The van der Waals surface area contributed by atoms with Crippen LogP contribution in [0.1, 0.15) is 17.4 Å². The number of hydrogen-bond donors (Lipinski definition) is 1. The molecule has 1 unspecified atom stereocenters. The van der Waals surface area contributed by atoms with Gasteiger partial charge in [0.05, 0.1) is 20.8 Å². The predicted octanol–water partition coefficient (Wildman–Crippen LogP) is 4.46. The van der Waals surface area contributed by atoms with Gasteiger partial charge in [-0.2, -0.15) is 0 Å². The van der Waals surface area contributed by atoms with E-state index < -0.39 is 11.9 Å². The van der Waals surface area contributed by atoms with Crippen LogP contribution in [0.4, 0.5) is 4.39 Å². The second-order valence-electron chi connectivity index (χ2n) is 3.99. The van der Waals surface area contributed by atoms with Crippen LogP contribution in [-0.2, 0) is 6.42 Å². The lowest BCUT2D eigenvalue weighted by molar-refractivity contribution is 0.173. The van der Waals surface area contributed by atoms with E-state index in [9.17, 15) is 9.50 Å². The lowest BCUT2D eigenvalue weighted by Gasteiger charge is -2.12. The van der Waals surface area contributed by atoms with Crippen LogP contribution in [0.3, 0.4) is 0 Å². The Bertz CT molecular complexity index is 606. The van der Waals surface area contributed by atoms with Crippen LogP contribution in [0.2, 0.25) is 15.1 Å². The summed E-state index contributed by atoms with van der Waals surface area (Å²) in [6.45, 7) is 0. The Hall–Kier alpha value is -0.870. The number of hydrogen-bond acceptors (Lipinski definition) is 2. The van der Waals surface area contributed by atoms with Gasteiger partial charge < -0.3 is 5.11 Å². The number of pyridine rings is 1. The van der Waals surface area contributed by atoms with Crippen LogP contribution in [0.15, 0.2) is 30.5 Å². The molecule has 2 rings (SSSR count). The van der Waals surface area contributed by atoms with E-state index >= 15 is 0 Å². The molecule has 1 atom stereocenters. The van der Waals surface area contributed by atoms with E-state index in [1.807, 2.05) is 0 Å². The first-order valence-electron chi connectivity index (χ1n) is 5.40. The van der Waals surface area contributed by atoms with Crippen LogP contribution in [0.25, 0.3) is 0 Å². The van der Waals surface area contributed by atoms with Crippen molar-refractivity contribution in [3.63, 3.8) is 0 Å². The lowest BCUT2D eigenvalue weighted by Crippen LogP contribution is -2.05. The molecule has 0 saturated carbocycles. The molecule has 100 valence electrons. The Morgan fingerprint density at radius 1 is 1.16 bits per heavy atom. The van der Waals surface area contributed by atoms with Crippen molar-refractivity contribution in [3.8, 4) is 0 Å². The second-order valence-corrected chi connectivity index (χ2v) is 5.24. The minimum Gasteiger partial charge on any atom is -0.386 e. The molecule has 1 N–H and O–H groups in total. The average molecular weight is 321 g/mol. The van der Waals surface area contributed by atoms with E-state index in [-0.39, 0.29) is 16.5 Å². The fraction of sp³-hybridized carbons (Fsp3) is 0.154. The van der Waals surface area contributed by atoms with E-state index in [4.69, 9.17) is 34.8 Å². The van der Waals surface area contributed by atoms with Crippen LogP contribution < -0.4 is 0 Å². The highest BCUT2D eigenvalue weighted by molar-refractivity contribution is 6.34. The molecule has 1 heterocycles. The summed E-state index contributed by atoms with van der Waals surface area (Å²) < 4.78 is 13.0. The van der Waals surface area contributed by atoms with Crippen molar-refractivity contribution in [1.29, 1.82) is 0 Å². The zero-order valence-corrected chi connectivity index (χ0v) is 11.8. The zero-order valence-electron chi connectivity index (χ0n) is 9.58. The number of aliphatic hydroxyl groups is 1. The normalized spacial score (nSPS) is 12.5. The van der Waals surface area contributed by atoms with Gasteiger partial charge in [-0.3, -0.25) is 4.98 Å². The molecule has 1 aromatic carbocycles. The molecule has 0 aliphatic heterocycles. The highest BCUT2D eigenvalue weighted by atomic mass is 35.5. The molecule has 0 aliphatic carbocycles. The maximum absolute atomic E-state index is 13.0.